The van der Waals surface area contributed by atoms with Crippen LogP contribution in [0.25, 0.3) is 5.57 Å². The van der Waals surface area contributed by atoms with Crippen LogP contribution in [0.3, 0.4) is 0 Å². The summed E-state index contributed by atoms with van der Waals surface area (Å²) >= 11 is 0. The Hall–Kier alpha value is -2.53. The number of benzene rings is 2. The number of hydrogen-bond donors (Lipinski definition) is 0. The molecule has 2 aromatic carbocycles. The molecule has 0 amide bonds. The molecule has 0 heterocycles. The summed E-state index contributed by atoms with van der Waals surface area (Å²) in [7, 11) is 1.61. The summed E-state index contributed by atoms with van der Waals surface area (Å²) in [6.07, 6.45) is 0. The van der Waals surface area contributed by atoms with Gasteiger partial charge in [0.25, 0.3) is 0 Å². The lowest BCUT2D eigenvalue weighted by atomic mass is 9.95. The van der Waals surface area contributed by atoms with Crippen LogP contribution in [0, 0.1) is 11.3 Å². The van der Waals surface area contributed by atoms with Crippen molar-refractivity contribution in [2.24, 2.45) is 0 Å². The number of rotatable bonds is 3. The lowest BCUT2D eigenvalue weighted by molar-refractivity contribution is 0.414. The first kappa shape index (κ1) is 11.9. The van der Waals surface area contributed by atoms with Gasteiger partial charge in [0.1, 0.15) is 5.75 Å². The molecular formula is C16H13NO. The van der Waals surface area contributed by atoms with Crippen molar-refractivity contribution in [1.29, 1.82) is 5.26 Å². The number of hydrogen-bond acceptors (Lipinski definition) is 2. The van der Waals surface area contributed by atoms with E-state index in [1.807, 2.05) is 36.4 Å². The van der Waals surface area contributed by atoms with Gasteiger partial charge in [-0.3, -0.25) is 0 Å². The highest BCUT2D eigenvalue weighted by Crippen LogP contribution is 2.27. The van der Waals surface area contributed by atoms with E-state index >= 15 is 0 Å². The van der Waals surface area contributed by atoms with Gasteiger partial charge in [-0.25, -0.2) is 0 Å². The Bertz CT molecular complexity index is 609. The Morgan fingerprint density at radius 3 is 2.50 bits per heavy atom. The predicted molar refractivity (Wildman–Crippen MR) is 72.3 cm³/mol. The molecule has 0 spiro atoms. The van der Waals surface area contributed by atoms with Gasteiger partial charge in [0.2, 0.25) is 0 Å². The summed E-state index contributed by atoms with van der Waals surface area (Å²) in [4.78, 5) is 0. The first-order valence-electron chi connectivity index (χ1n) is 5.59. The summed E-state index contributed by atoms with van der Waals surface area (Å²) < 4.78 is 5.19. The van der Waals surface area contributed by atoms with E-state index in [2.05, 4.69) is 12.6 Å². The zero-order valence-corrected chi connectivity index (χ0v) is 10.2. The summed E-state index contributed by atoms with van der Waals surface area (Å²) in [5.41, 5.74) is 3.24. The predicted octanol–water partition coefficient (Wildman–Crippen LogP) is 3.63. The average molecular weight is 235 g/mol. The molecule has 0 aliphatic rings. The minimum absolute atomic E-state index is 0.602. The van der Waals surface area contributed by atoms with Crippen LogP contribution in [0.5, 0.6) is 5.75 Å². The minimum Gasteiger partial charge on any atom is -0.497 e. The van der Waals surface area contributed by atoms with E-state index in [1.54, 1.807) is 19.2 Å². The van der Waals surface area contributed by atoms with Crippen LogP contribution < -0.4 is 4.74 Å². The Morgan fingerprint density at radius 2 is 1.89 bits per heavy atom. The van der Waals surface area contributed by atoms with Crippen LogP contribution >= 0.6 is 0 Å². The van der Waals surface area contributed by atoms with E-state index in [-0.39, 0.29) is 0 Å². The topological polar surface area (TPSA) is 33.0 Å². The van der Waals surface area contributed by atoms with Gasteiger partial charge in [0, 0.05) is 5.56 Å². The minimum atomic E-state index is 0.602. The van der Waals surface area contributed by atoms with Gasteiger partial charge >= 0.3 is 0 Å². The molecule has 2 rings (SSSR count). The van der Waals surface area contributed by atoms with Gasteiger partial charge in [0.05, 0.1) is 18.7 Å². The molecule has 0 atom stereocenters. The molecule has 2 nitrogen and oxygen atoms in total. The van der Waals surface area contributed by atoms with Crippen molar-refractivity contribution in [1.82, 2.24) is 0 Å². The molecule has 0 bridgehead atoms. The molecule has 0 radical (unpaired) electrons. The molecule has 0 aliphatic carbocycles. The molecular weight excluding hydrogens is 222 g/mol. The Labute approximate surface area is 107 Å². The van der Waals surface area contributed by atoms with Crippen molar-refractivity contribution in [3.63, 3.8) is 0 Å². The van der Waals surface area contributed by atoms with E-state index in [9.17, 15) is 0 Å². The van der Waals surface area contributed by atoms with Crippen molar-refractivity contribution in [2.45, 2.75) is 0 Å². The highest BCUT2D eigenvalue weighted by atomic mass is 16.5. The fourth-order valence-corrected chi connectivity index (χ4v) is 1.79. The number of nitriles is 1. The highest BCUT2D eigenvalue weighted by molar-refractivity contribution is 5.81. The Morgan fingerprint density at radius 1 is 1.17 bits per heavy atom. The fraction of sp³-hybridized carbons (Fsp3) is 0.0625. The third-order valence-electron chi connectivity index (χ3n) is 2.79. The maximum Gasteiger partial charge on any atom is 0.119 e. The van der Waals surface area contributed by atoms with Crippen LogP contribution in [0.2, 0.25) is 0 Å². The normalized spacial score (nSPS) is 9.56. The number of nitrogens with zero attached hydrogens (tertiary/aromatic N) is 1. The van der Waals surface area contributed by atoms with Crippen molar-refractivity contribution >= 4 is 5.57 Å². The maximum atomic E-state index is 9.15. The quantitative estimate of drug-likeness (QED) is 0.813. The number of methoxy groups -OCH3 is 1. The summed E-state index contributed by atoms with van der Waals surface area (Å²) in [6.45, 7) is 4.07. The molecule has 0 saturated carbocycles. The average Bonchev–Trinajstić information content (AvgIpc) is 2.46. The molecule has 18 heavy (non-hydrogen) atoms. The van der Waals surface area contributed by atoms with Crippen molar-refractivity contribution in [3.8, 4) is 11.8 Å². The number of ether oxygens (including phenoxy) is 1. The molecule has 0 fully saturated rings. The fourth-order valence-electron chi connectivity index (χ4n) is 1.79. The van der Waals surface area contributed by atoms with Crippen molar-refractivity contribution < 1.29 is 4.74 Å². The zero-order chi connectivity index (χ0) is 13.0. The smallest absolute Gasteiger partial charge is 0.119 e. The van der Waals surface area contributed by atoms with E-state index in [1.165, 1.54) is 0 Å². The highest BCUT2D eigenvalue weighted by Gasteiger charge is 2.09. The molecule has 0 aliphatic heterocycles. The van der Waals surface area contributed by atoms with Gasteiger partial charge < -0.3 is 4.74 Å². The van der Waals surface area contributed by atoms with E-state index in [0.717, 1.165) is 22.4 Å². The van der Waals surface area contributed by atoms with Crippen LogP contribution in [-0.2, 0) is 0 Å². The first-order valence-corrected chi connectivity index (χ1v) is 5.59. The first-order chi connectivity index (χ1) is 8.76. The van der Waals surface area contributed by atoms with Gasteiger partial charge in [-0.1, -0.05) is 36.9 Å². The van der Waals surface area contributed by atoms with Crippen molar-refractivity contribution in [2.75, 3.05) is 7.11 Å². The lowest BCUT2D eigenvalue weighted by Crippen LogP contribution is -1.93. The van der Waals surface area contributed by atoms with E-state index in [4.69, 9.17) is 10.00 Å². The van der Waals surface area contributed by atoms with Gasteiger partial charge in [0.15, 0.2) is 0 Å². The maximum absolute atomic E-state index is 9.15. The molecule has 0 N–H and O–H groups in total. The lowest BCUT2D eigenvalue weighted by Gasteiger charge is -2.10. The summed E-state index contributed by atoms with van der Waals surface area (Å²) in [5.74, 6) is 0.723. The largest absolute Gasteiger partial charge is 0.497 e. The molecule has 0 unspecified atom stereocenters. The second kappa shape index (κ2) is 5.20. The monoisotopic (exact) mass is 235 g/mol. The van der Waals surface area contributed by atoms with Gasteiger partial charge in [-0.05, 0) is 29.3 Å². The third-order valence-corrected chi connectivity index (χ3v) is 2.79. The Kier molecular flexibility index (Phi) is 3.45. The standard InChI is InChI=1S/C16H13NO/c1-12(13-6-4-3-5-7-13)16-10-15(18-2)9-8-14(16)11-17/h3-10H,1H2,2H3. The van der Waals surface area contributed by atoms with E-state index < -0.39 is 0 Å². The van der Waals surface area contributed by atoms with Crippen LogP contribution in [0.15, 0.2) is 55.1 Å². The SMILES string of the molecule is C=C(c1ccccc1)c1cc(OC)ccc1C#N. The van der Waals surface area contributed by atoms with E-state index in [0.29, 0.717) is 5.56 Å². The van der Waals surface area contributed by atoms with Crippen molar-refractivity contribution in [3.05, 3.63) is 71.8 Å². The molecule has 88 valence electrons. The van der Waals surface area contributed by atoms with Crippen LogP contribution in [0.4, 0.5) is 0 Å². The van der Waals surface area contributed by atoms with Gasteiger partial charge in [-0.15, -0.1) is 0 Å². The Balaban J connectivity index is 2.50. The molecule has 0 saturated heterocycles. The van der Waals surface area contributed by atoms with Gasteiger partial charge in [-0.2, -0.15) is 5.26 Å². The third kappa shape index (κ3) is 2.26. The van der Waals surface area contributed by atoms with Crippen LogP contribution in [0.1, 0.15) is 16.7 Å². The second-order valence-corrected chi connectivity index (χ2v) is 3.87. The van der Waals surface area contributed by atoms with Crippen LogP contribution in [-0.4, -0.2) is 7.11 Å². The summed E-state index contributed by atoms with van der Waals surface area (Å²) in [6, 6.07) is 17.4. The molecule has 2 heteroatoms. The molecule has 0 aromatic heterocycles. The summed E-state index contributed by atoms with van der Waals surface area (Å²) in [5, 5.41) is 9.15. The zero-order valence-electron chi connectivity index (χ0n) is 10.2. The molecule has 2 aromatic rings. The second-order valence-electron chi connectivity index (χ2n) is 3.87.